The predicted octanol–water partition coefficient (Wildman–Crippen LogP) is 2.42. The first-order valence-corrected chi connectivity index (χ1v) is 8.44. The third-order valence-corrected chi connectivity index (χ3v) is 4.37. The molecule has 8 nitrogen and oxygen atoms in total. The molecule has 1 aliphatic heterocycles. The molecule has 0 saturated carbocycles. The number of anilines is 2. The Morgan fingerprint density at radius 3 is 2.81 bits per heavy atom. The van der Waals surface area contributed by atoms with Crippen LogP contribution in [0, 0.1) is 0 Å². The maximum Gasteiger partial charge on any atom is 0.316 e. The van der Waals surface area contributed by atoms with Crippen molar-refractivity contribution in [2.75, 3.05) is 30.4 Å². The summed E-state index contributed by atoms with van der Waals surface area (Å²) in [4.78, 5) is 23.8. The van der Waals surface area contributed by atoms with E-state index >= 15 is 0 Å². The van der Waals surface area contributed by atoms with Crippen LogP contribution in [0.5, 0.6) is 6.01 Å². The van der Waals surface area contributed by atoms with Crippen LogP contribution in [0.2, 0.25) is 5.15 Å². The van der Waals surface area contributed by atoms with Crippen molar-refractivity contribution in [2.24, 2.45) is 0 Å². The summed E-state index contributed by atoms with van der Waals surface area (Å²) >= 11 is 6.21. The van der Waals surface area contributed by atoms with Crippen molar-refractivity contribution in [1.29, 1.82) is 0 Å². The first-order valence-electron chi connectivity index (χ1n) is 8.06. The number of halogens is 1. The summed E-state index contributed by atoms with van der Waals surface area (Å²) in [5.74, 6) is 1.51. The Morgan fingerprint density at radius 1 is 1.19 bits per heavy atom. The molecule has 0 saturated heterocycles. The van der Waals surface area contributed by atoms with Gasteiger partial charge in [0.2, 0.25) is 0 Å². The summed E-state index contributed by atoms with van der Waals surface area (Å²) in [5, 5.41) is 3.78. The molecule has 0 bridgehead atoms. The molecule has 1 aliphatic rings. The molecule has 4 rings (SSSR count). The quantitative estimate of drug-likeness (QED) is 0.701. The van der Waals surface area contributed by atoms with Crippen LogP contribution in [0.25, 0.3) is 11.3 Å². The molecule has 0 amide bonds. The standard InChI is InChI=1S/C17H16ClN7O/c1-26-17-22-7-12(8-23-17)13-9-21-15-16(24-13)25(6-5-20-15)10-11-3-2-4-19-14(11)18/h2-4,7-9H,5-6,10H2,1H3,(H,20,21). The highest BCUT2D eigenvalue weighted by Gasteiger charge is 2.21. The van der Waals surface area contributed by atoms with Crippen LogP contribution >= 0.6 is 11.6 Å². The molecular formula is C17H16ClN7O. The SMILES string of the molecule is COc1ncc(-c2cnc3c(n2)N(Cc2cccnc2Cl)CCN3)cn1. The largest absolute Gasteiger partial charge is 0.467 e. The molecule has 0 spiro atoms. The monoisotopic (exact) mass is 369 g/mol. The van der Waals surface area contributed by atoms with Crippen molar-refractivity contribution in [3.8, 4) is 17.3 Å². The zero-order chi connectivity index (χ0) is 17.9. The first kappa shape index (κ1) is 16.5. The van der Waals surface area contributed by atoms with Crippen LogP contribution in [0.4, 0.5) is 11.6 Å². The first-order chi connectivity index (χ1) is 12.7. The number of nitrogens with zero attached hydrogens (tertiary/aromatic N) is 6. The van der Waals surface area contributed by atoms with E-state index in [2.05, 4.69) is 30.2 Å². The van der Waals surface area contributed by atoms with Crippen LogP contribution in [0.15, 0.2) is 36.9 Å². The molecule has 0 unspecified atom stereocenters. The van der Waals surface area contributed by atoms with Crippen molar-refractivity contribution in [3.63, 3.8) is 0 Å². The highest BCUT2D eigenvalue weighted by Crippen LogP contribution is 2.29. The summed E-state index contributed by atoms with van der Waals surface area (Å²) in [6.45, 7) is 2.18. The summed E-state index contributed by atoms with van der Waals surface area (Å²) < 4.78 is 5.00. The summed E-state index contributed by atoms with van der Waals surface area (Å²) in [6, 6.07) is 4.15. The second-order valence-corrected chi connectivity index (χ2v) is 6.05. The van der Waals surface area contributed by atoms with Crippen LogP contribution in [-0.4, -0.2) is 45.1 Å². The number of hydrogen-bond donors (Lipinski definition) is 1. The van der Waals surface area contributed by atoms with Gasteiger partial charge in [0, 0.05) is 49.4 Å². The topological polar surface area (TPSA) is 89.0 Å². The number of fused-ring (bicyclic) bond motifs is 1. The van der Waals surface area contributed by atoms with Gasteiger partial charge >= 0.3 is 6.01 Å². The summed E-state index contributed by atoms with van der Waals surface area (Å²) in [6.07, 6.45) is 6.72. The zero-order valence-electron chi connectivity index (χ0n) is 14.1. The lowest BCUT2D eigenvalue weighted by molar-refractivity contribution is 0.380. The van der Waals surface area contributed by atoms with E-state index in [-0.39, 0.29) is 0 Å². The number of aromatic nitrogens is 5. The fourth-order valence-corrected chi connectivity index (χ4v) is 2.91. The van der Waals surface area contributed by atoms with Gasteiger partial charge in [-0.3, -0.25) is 0 Å². The molecule has 4 heterocycles. The third kappa shape index (κ3) is 3.23. The maximum absolute atomic E-state index is 6.21. The van der Waals surface area contributed by atoms with Gasteiger partial charge in [0.1, 0.15) is 5.15 Å². The van der Waals surface area contributed by atoms with Crippen molar-refractivity contribution in [3.05, 3.63) is 47.6 Å². The van der Waals surface area contributed by atoms with Crippen molar-refractivity contribution < 1.29 is 4.74 Å². The predicted molar refractivity (Wildman–Crippen MR) is 98.4 cm³/mol. The van der Waals surface area contributed by atoms with Gasteiger partial charge in [-0.2, -0.15) is 0 Å². The Labute approximate surface area is 155 Å². The lowest BCUT2D eigenvalue weighted by atomic mass is 10.2. The fourth-order valence-electron chi connectivity index (χ4n) is 2.73. The van der Waals surface area contributed by atoms with Gasteiger partial charge in [0.15, 0.2) is 11.6 Å². The van der Waals surface area contributed by atoms with Crippen molar-refractivity contribution in [2.45, 2.75) is 6.54 Å². The van der Waals surface area contributed by atoms with E-state index in [1.807, 2.05) is 12.1 Å². The van der Waals surface area contributed by atoms with Gasteiger partial charge < -0.3 is 15.0 Å². The third-order valence-electron chi connectivity index (χ3n) is 4.03. The minimum absolute atomic E-state index is 0.314. The minimum Gasteiger partial charge on any atom is -0.467 e. The molecule has 0 fully saturated rings. The summed E-state index contributed by atoms with van der Waals surface area (Å²) in [7, 11) is 1.53. The van der Waals surface area contributed by atoms with E-state index in [0.717, 1.165) is 35.9 Å². The number of rotatable bonds is 4. The Balaban J connectivity index is 1.66. The molecule has 9 heteroatoms. The molecule has 26 heavy (non-hydrogen) atoms. The Morgan fingerprint density at radius 2 is 2.04 bits per heavy atom. The van der Waals surface area contributed by atoms with Crippen LogP contribution in [0.3, 0.4) is 0 Å². The molecule has 0 atom stereocenters. The molecule has 132 valence electrons. The van der Waals surface area contributed by atoms with Gasteiger partial charge in [0.05, 0.1) is 19.0 Å². The number of nitrogens with one attached hydrogen (secondary N) is 1. The van der Waals surface area contributed by atoms with Gasteiger partial charge in [-0.1, -0.05) is 17.7 Å². The smallest absolute Gasteiger partial charge is 0.316 e. The molecule has 0 radical (unpaired) electrons. The Hall–Kier alpha value is -3.00. The molecular weight excluding hydrogens is 354 g/mol. The van der Waals surface area contributed by atoms with Gasteiger partial charge in [0.25, 0.3) is 0 Å². The Bertz CT molecular complexity index is 919. The minimum atomic E-state index is 0.314. The van der Waals surface area contributed by atoms with E-state index in [1.54, 1.807) is 24.8 Å². The highest BCUT2D eigenvalue weighted by molar-refractivity contribution is 6.30. The van der Waals surface area contributed by atoms with E-state index in [4.69, 9.17) is 21.3 Å². The molecule has 0 aliphatic carbocycles. The second kappa shape index (κ2) is 7.09. The van der Waals surface area contributed by atoms with Gasteiger partial charge in [-0.05, 0) is 6.07 Å². The fraction of sp³-hybridized carbons (Fsp3) is 0.235. The summed E-state index contributed by atoms with van der Waals surface area (Å²) in [5.41, 5.74) is 2.41. The van der Waals surface area contributed by atoms with Crippen LogP contribution in [0.1, 0.15) is 5.56 Å². The average molecular weight is 370 g/mol. The molecule has 3 aromatic rings. The maximum atomic E-state index is 6.21. The highest BCUT2D eigenvalue weighted by atomic mass is 35.5. The lowest BCUT2D eigenvalue weighted by Crippen LogP contribution is -2.35. The van der Waals surface area contributed by atoms with E-state index in [0.29, 0.717) is 23.4 Å². The number of hydrogen-bond acceptors (Lipinski definition) is 8. The van der Waals surface area contributed by atoms with Gasteiger partial charge in [-0.25, -0.2) is 24.9 Å². The van der Waals surface area contributed by atoms with E-state index in [1.165, 1.54) is 7.11 Å². The van der Waals surface area contributed by atoms with E-state index < -0.39 is 0 Å². The molecule has 1 N–H and O–H groups in total. The molecule has 3 aromatic heterocycles. The number of ether oxygens (including phenoxy) is 1. The van der Waals surface area contributed by atoms with Crippen LogP contribution in [-0.2, 0) is 6.54 Å². The number of methoxy groups -OCH3 is 1. The zero-order valence-corrected chi connectivity index (χ0v) is 14.8. The van der Waals surface area contributed by atoms with E-state index in [9.17, 15) is 0 Å². The number of pyridine rings is 1. The Kier molecular flexibility index (Phi) is 4.49. The average Bonchev–Trinajstić information content (AvgIpc) is 2.70. The van der Waals surface area contributed by atoms with Gasteiger partial charge in [-0.15, -0.1) is 0 Å². The van der Waals surface area contributed by atoms with Crippen molar-refractivity contribution >= 4 is 23.2 Å². The lowest BCUT2D eigenvalue weighted by Gasteiger charge is -2.30. The normalized spacial score (nSPS) is 13.1. The van der Waals surface area contributed by atoms with Crippen LogP contribution < -0.4 is 15.0 Å². The molecule has 0 aromatic carbocycles. The second-order valence-electron chi connectivity index (χ2n) is 5.69. The van der Waals surface area contributed by atoms with Crippen molar-refractivity contribution in [1.82, 2.24) is 24.9 Å².